The third kappa shape index (κ3) is 4.00. The Morgan fingerprint density at radius 2 is 1.97 bits per heavy atom. The lowest BCUT2D eigenvalue weighted by atomic mass is 9.89. The average Bonchev–Trinajstić information content (AvgIpc) is 2.73. The van der Waals surface area contributed by atoms with E-state index in [0.29, 0.717) is 18.4 Å². The molecule has 0 amide bonds. The van der Waals surface area contributed by atoms with Crippen molar-refractivity contribution in [2.45, 2.75) is 70.4 Å². The highest BCUT2D eigenvalue weighted by Gasteiger charge is 2.37. The van der Waals surface area contributed by atoms with Crippen LogP contribution in [0.5, 0.6) is 11.5 Å². The zero-order valence-electron chi connectivity index (χ0n) is 17.1. The van der Waals surface area contributed by atoms with Crippen LogP contribution in [0.2, 0.25) is 0 Å². The van der Waals surface area contributed by atoms with Gasteiger partial charge in [0.2, 0.25) is 0 Å². The van der Waals surface area contributed by atoms with Crippen molar-refractivity contribution in [1.29, 1.82) is 0 Å². The highest BCUT2D eigenvalue weighted by molar-refractivity contribution is 5.50. The highest BCUT2D eigenvalue weighted by atomic mass is 16.5. The summed E-state index contributed by atoms with van der Waals surface area (Å²) in [5, 5.41) is 31.4. The molecule has 4 unspecified atom stereocenters. The molecule has 156 valence electrons. The molecule has 2 aliphatic rings. The predicted octanol–water partition coefficient (Wildman–Crippen LogP) is 3.58. The van der Waals surface area contributed by atoms with Gasteiger partial charge in [0.25, 0.3) is 0 Å². The second-order valence-electron chi connectivity index (χ2n) is 8.23. The van der Waals surface area contributed by atoms with Crippen LogP contribution in [0.1, 0.15) is 60.1 Å². The highest BCUT2D eigenvalue weighted by Crippen LogP contribution is 2.40. The van der Waals surface area contributed by atoms with E-state index in [1.54, 1.807) is 0 Å². The van der Waals surface area contributed by atoms with Crippen molar-refractivity contribution in [1.82, 2.24) is 0 Å². The van der Waals surface area contributed by atoms with Crippen molar-refractivity contribution in [3.05, 3.63) is 58.1 Å². The van der Waals surface area contributed by atoms with E-state index >= 15 is 0 Å². The number of benzene rings is 2. The molecule has 0 radical (unpaired) electrons. The average molecular weight is 398 g/mol. The van der Waals surface area contributed by atoms with Gasteiger partial charge in [0.1, 0.15) is 17.6 Å². The molecule has 2 aliphatic heterocycles. The van der Waals surface area contributed by atoms with Gasteiger partial charge in [-0.25, -0.2) is 0 Å². The molecule has 29 heavy (non-hydrogen) atoms. The number of phenolic OH excluding ortho intramolecular Hbond substituents is 1. The van der Waals surface area contributed by atoms with Crippen LogP contribution < -0.4 is 4.74 Å². The first-order valence-corrected chi connectivity index (χ1v) is 10.6. The lowest BCUT2D eigenvalue weighted by Crippen LogP contribution is -2.45. The van der Waals surface area contributed by atoms with Crippen molar-refractivity contribution >= 4 is 0 Å². The molecule has 2 aromatic carbocycles. The van der Waals surface area contributed by atoms with Crippen molar-refractivity contribution in [2.75, 3.05) is 6.61 Å². The number of aliphatic hydroxyl groups excluding tert-OH is 2. The summed E-state index contributed by atoms with van der Waals surface area (Å²) in [6, 6.07) is 10.1. The minimum Gasteiger partial charge on any atom is -0.507 e. The number of hydrogen-bond donors (Lipinski definition) is 3. The molecule has 4 atom stereocenters. The zero-order chi connectivity index (χ0) is 20.5. The van der Waals surface area contributed by atoms with E-state index in [2.05, 4.69) is 12.1 Å². The van der Waals surface area contributed by atoms with Crippen molar-refractivity contribution < 1.29 is 24.8 Å². The molecule has 3 N–H and O–H groups in total. The Hall–Kier alpha value is -2.08. The van der Waals surface area contributed by atoms with E-state index < -0.39 is 24.4 Å². The quantitative estimate of drug-likeness (QED) is 0.734. The molecule has 0 spiro atoms. The normalized spacial score (nSPS) is 26.6. The molecular formula is C24H30O5. The van der Waals surface area contributed by atoms with E-state index in [9.17, 15) is 15.3 Å². The first-order valence-electron chi connectivity index (χ1n) is 10.6. The third-order valence-corrected chi connectivity index (χ3v) is 6.22. The third-order valence-electron chi connectivity index (χ3n) is 6.22. The molecule has 0 bridgehead atoms. The van der Waals surface area contributed by atoms with Crippen LogP contribution in [-0.4, -0.2) is 40.2 Å². The molecule has 0 aliphatic carbocycles. The minimum absolute atomic E-state index is 0.224. The molecule has 1 saturated heterocycles. The summed E-state index contributed by atoms with van der Waals surface area (Å²) in [4.78, 5) is 0. The molecule has 0 saturated carbocycles. The van der Waals surface area contributed by atoms with Gasteiger partial charge >= 0.3 is 0 Å². The summed E-state index contributed by atoms with van der Waals surface area (Å²) in [6.07, 6.45) is 0.918. The van der Waals surface area contributed by atoms with E-state index in [1.165, 1.54) is 5.56 Å². The maximum absolute atomic E-state index is 11.1. The number of aromatic hydroxyl groups is 1. The zero-order valence-corrected chi connectivity index (χ0v) is 17.1. The summed E-state index contributed by atoms with van der Waals surface area (Å²) in [7, 11) is 0. The maximum Gasteiger partial charge on any atom is 0.125 e. The lowest BCUT2D eigenvalue weighted by Gasteiger charge is -2.37. The minimum atomic E-state index is -0.888. The second-order valence-corrected chi connectivity index (χ2v) is 8.23. The second kappa shape index (κ2) is 8.34. The molecule has 4 rings (SSSR count). The van der Waals surface area contributed by atoms with Crippen molar-refractivity contribution in [3.8, 4) is 11.5 Å². The van der Waals surface area contributed by atoms with Gasteiger partial charge < -0.3 is 24.8 Å². The number of aliphatic hydroxyl groups is 2. The van der Waals surface area contributed by atoms with Crippen LogP contribution in [0.4, 0.5) is 0 Å². The molecule has 2 aromatic rings. The van der Waals surface area contributed by atoms with Crippen molar-refractivity contribution in [2.24, 2.45) is 0 Å². The van der Waals surface area contributed by atoms with Crippen LogP contribution >= 0.6 is 0 Å². The van der Waals surface area contributed by atoms with Crippen molar-refractivity contribution in [3.63, 3.8) is 0 Å². The number of fused-ring (bicyclic) bond motifs is 1. The monoisotopic (exact) mass is 398 g/mol. The number of ether oxygens (including phenoxy) is 2. The van der Waals surface area contributed by atoms with Gasteiger partial charge in [-0.05, 0) is 48.9 Å². The molecule has 2 heterocycles. The lowest BCUT2D eigenvalue weighted by molar-refractivity contribution is -0.171. The Bertz CT molecular complexity index is 878. The fourth-order valence-corrected chi connectivity index (χ4v) is 4.46. The van der Waals surface area contributed by atoms with E-state index in [4.69, 9.17) is 9.47 Å². The number of rotatable bonds is 4. The topological polar surface area (TPSA) is 79.2 Å². The van der Waals surface area contributed by atoms with Crippen LogP contribution in [0.15, 0.2) is 30.3 Å². The van der Waals surface area contributed by atoms with Crippen LogP contribution in [0, 0.1) is 6.92 Å². The Labute approximate surface area is 171 Å². The number of aryl methyl sites for hydroxylation is 2. The fraction of sp³-hybridized carbons (Fsp3) is 0.500. The van der Waals surface area contributed by atoms with Gasteiger partial charge in [-0.3, -0.25) is 0 Å². The predicted molar refractivity (Wildman–Crippen MR) is 110 cm³/mol. The van der Waals surface area contributed by atoms with Gasteiger partial charge in [0.05, 0.1) is 24.9 Å². The number of phenols is 1. The molecule has 1 fully saturated rings. The Balaban J connectivity index is 1.62. The van der Waals surface area contributed by atoms with Gasteiger partial charge in [-0.15, -0.1) is 0 Å². The smallest absolute Gasteiger partial charge is 0.125 e. The van der Waals surface area contributed by atoms with Gasteiger partial charge in [-0.2, -0.15) is 0 Å². The van der Waals surface area contributed by atoms with E-state index in [-0.39, 0.29) is 12.2 Å². The summed E-state index contributed by atoms with van der Waals surface area (Å²) in [6.45, 7) is 4.69. The first-order chi connectivity index (χ1) is 14.0. The van der Waals surface area contributed by atoms with E-state index in [0.717, 1.165) is 41.9 Å². The van der Waals surface area contributed by atoms with E-state index in [1.807, 2.05) is 32.0 Å². The Kier molecular flexibility index (Phi) is 5.81. The van der Waals surface area contributed by atoms with Gasteiger partial charge in [0.15, 0.2) is 0 Å². The van der Waals surface area contributed by atoms with Gasteiger partial charge in [0, 0.05) is 24.0 Å². The van der Waals surface area contributed by atoms with Crippen LogP contribution in [0.3, 0.4) is 0 Å². The summed E-state index contributed by atoms with van der Waals surface area (Å²) in [5.41, 5.74) is 4.92. The van der Waals surface area contributed by atoms with Crippen LogP contribution in [0.25, 0.3) is 0 Å². The Morgan fingerprint density at radius 1 is 1.14 bits per heavy atom. The number of hydrogen-bond acceptors (Lipinski definition) is 5. The molecule has 5 nitrogen and oxygen atoms in total. The first kappa shape index (κ1) is 20.2. The largest absolute Gasteiger partial charge is 0.507 e. The molecule has 5 heteroatoms. The summed E-state index contributed by atoms with van der Waals surface area (Å²) in [5.74, 6) is 1.19. The standard InChI is InChI=1S/C24H30O5/c1-3-20-24(27)19(25)13-22(29-20)17-8-6-14(2)18(23(17)26)12-15-7-9-21-16(11-15)5-4-10-28-21/h6-9,11,19-20,22,24-27H,3-5,10,12-13H2,1-2H3. The Morgan fingerprint density at radius 3 is 2.76 bits per heavy atom. The maximum atomic E-state index is 11.1. The fourth-order valence-electron chi connectivity index (χ4n) is 4.46. The summed E-state index contributed by atoms with van der Waals surface area (Å²) < 4.78 is 11.7. The van der Waals surface area contributed by atoms with Crippen LogP contribution in [-0.2, 0) is 17.6 Å². The van der Waals surface area contributed by atoms with Gasteiger partial charge in [-0.1, -0.05) is 31.2 Å². The molecular weight excluding hydrogens is 368 g/mol. The summed E-state index contributed by atoms with van der Waals surface area (Å²) >= 11 is 0. The SMILES string of the molecule is CCC1OC(c2ccc(C)c(Cc3ccc4c(c3)CCCO4)c2O)CC(O)C1O. The molecule has 0 aromatic heterocycles.